The summed E-state index contributed by atoms with van der Waals surface area (Å²) in [5.74, 6) is 0.539. The predicted octanol–water partition coefficient (Wildman–Crippen LogP) is -0.349. The number of hydrogen-bond acceptors (Lipinski definition) is 5. The fourth-order valence-corrected chi connectivity index (χ4v) is 1.35. The molecule has 0 unspecified atom stereocenters. The summed E-state index contributed by atoms with van der Waals surface area (Å²) in [4.78, 5) is 17.6. The van der Waals surface area contributed by atoms with Gasteiger partial charge in [-0.2, -0.15) is 0 Å². The predicted molar refractivity (Wildman–Crippen MR) is 63.3 cm³/mol. The fraction of sp³-hybridized carbons (Fsp3) is 0.556. The van der Waals surface area contributed by atoms with Crippen LogP contribution in [0.25, 0.3) is 0 Å². The molecule has 0 saturated carbocycles. The molecule has 88 valence electrons. The van der Waals surface area contributed by atoms with Crippen LogP contribution in [0, 0.1) is 0 Å². The number of aryl methyl sites for hydroxylation is 1. The summed E-state index contributed by atoms with van der Waals surface area (Å²) in [7, 11) is 1.12. The van der Waals surface area contributed by atoms with E-state index in [9.17, 15) is 4.79 Å². The van der Waals surface area contributed by atoms with Crippen molar-refractivity contribution >= 4 is 19.3 Å². The Bertz CT molecular complexity index is 329. The lowest BCUT2D eigenvalue weighted by atomic mass is 9.89. The third-order valence-electron chi connectivity index (χ3n) is 2.23. The van der Waals surface area contributed by atoms with Crippen LogP contribution in [-0.2, 0) is 11.2 Å². The average Bonchev–Trinajstić information content (AvgIpc) is 2.66. The van der Waals surface area contributed by atoms with Crippen molar-refractivity contribution in [2.24, 2.45) is 0 Å². The summed E-state index contributed by atoms with van der Waals surface area (Å²) in [5.41, 5.74) is 0.935. The Kier molecular flexibility index (Phi) is 5.01. The number of hydrogen-bond donors (Lipinski definition) is 4. The number of imidazole rings is 1. The molecule has 0 aliphatic rings. The van der Waals surface area contributed by atoms with Crippen molar-refractivity contribution in [1.29, 1.82) is 0 Å². The number of anilines is 1. The van der Waals surface area contributed by atoms with Gasteiger partial charge in [-0.05, 0) is 26.7 Å². The molecule has 1 heterocycles. The van der Waals surface area contributed by atoms with E-state index in [1.807, 2.05) is 0 Å². The van der Waals surface area contributed by atoms with Crippen molar-refractivity contribution in [3.63, 3.8) is 0 Å². The van der Waals surface area contributed by atoms with E-state index in [1.54, 1.807) is 20.1 Å². The van der Waals surface area contributed by atoms with Crippen molar-refractivity contribution < 1.29 is 9.82 Å². The van der Waals surface area contributed by atoms with Crippen LogP contribution in [0.3, 0.4) is 0 Å². The zero-order valence-corrected chi connectivity index (χ0v) is 9.53. The Labute approximate surface area is 95.0 Å². The van der Waals surface area contributed by atoms with Gasteiger partial charge in [-0.25, -0.2) is 4.98 Å². The van der Waals surface area contributed by atoms with Crippen molar-refractivity contribution in [2.45, 2.75) is 25.7 Å². The molecule has 0 bridgehead atoms. The highest BCUT2D eigenvalue weighted by Gasteiger charge is 2.08. The number of H-pyrrole nitrogens is 1. The van der Waals surface area contributed by atoms with E-state index in [0.29, 0.717) is 5.95 Å². The summed E-state index contributed by atoms with van der Waals surface area (Å²) < 4.78 is 0. The number of likely N-dealkylation sites (N-methyl/N-ethyl adjacent to an activating group) is 1. The van der Waals surface area contributed by atoms with Crippen LogP contribution < -0.4 is 10.5 Å². The van der Waals surface area contributed by atoms with Crippen LogP contribution in [0.5, 0.6) is 0 Å². The Hall–Kier alpha value is -1.34. The highest BCUT2D eigenvalue weighted by molar-refractivity contribution is 6.52. The first-order valence-corrected chi connectivity index (χ1v) is 5.26. The lowest BCUT2D eigenvalue weighted by Gasteiger charge is -2.06. The molecule has 0 aromatic carbocycles. The maximum atomic E-state index is 10.6. The van der Waals surface area contributed by atoms with Crippen molar-refractivity contribution in [2.75, 3.05) is 12.3 Å². The van der Waals surface area contributed by atoms with Gasteiger partial charge in [-0.15, -0.1) is 0 Å². The number of rotatable bonds is 7. The van der Waals surface area contributed by atoms with Gasteiger partial charge >= 0.3 is 7.05 Å². The van der Waals surface area contributed by atoms with E-state index in [1.165, 1.54) is 0 Å². The lowest BCUT2D eigenvalue weighted by molar-refractivity contribution is -0.109. The first-order valence-electron chi connectivity index (χ1n) is 5.26. The normalized spacial score (nSPS) is 12.2. The molecule has 0 fully saturated rings. The second kappa shape index (κ2) is 6.29. The van der Waals surface area contributed by atoms with E-state index < -0.39 is 7.05 Å². The molecule has 1 atom stereocenters. The molecule has 1 rings (SSSR count). The third-order valence-corrected chi connectivity index (χ3v) is 2.23. The zero-order chi connectivity index (χ0) is 12.0. The van der Waals surface area contributed by atoms with Gasteiger partial charge in [0.15, 0.2) is 5.95 Å². The number of carbonyl (C=O) groups excluding carboxylic acids is 1. The second-order valence-electron chi connectivity index (χ2n) is 3.65. The summed E-state index contributed by atoms with van der Waals surface area (Å²) in [6, 6.07) is -0.128. The van der Waals surface area contributed by atoms with Gasteiger partial charge in [0.2, 0.25) is 0 Å². The molecule has 7 heteroatoms. The third kappa shape index (κ3) is 4.04. The Morgan fingerprint density at radius 2 is 2.50 bits per heavy atom. The van der Waals surface area contributed by atoms with Crippen LogP contribution >= 0.6 is 0 Å². The molecular formula is C9H17BN4O2. The van der Waals surface area contributed by atoms with Crippen LogP contribution in [0.1, 0.15) is 12.1 Å². The Balaban J connectivity index is 2.42. The lowest BCUT2D eigenvalue weighted by Crippen LogP contribution is -2.27. The Morgan fingerprint density at radius 1 is 1.75 bits per heavy atom. The molecule has 0 aliphatic carbocycles. The minimum Gasteiger partial charge on any atom is -0.433 e. The molecule has 1 aromatic heterocycles. The summed E-state index contributed by atoms with van der Waals surface area (Å²) in [6.07, 6.45) is 4.04. The molecule has 0 saturated heterocycles. The van der Waals surface area contributed by atoms with Gasteiger partial charge in [0.25, 0.3) is 0 Å². The standard InChI is InChI=1S/C9H17BN4O2/c1-10(16)14-9-12-5-7(13-9)3-4-8(6-15)11-2/h5-6,8,11,16H,3-4H2,1-2H3,(H2,12,13,14)/t8-/m0/s1. The monoisotopic (exact) mass is 224 g/mol. The molecule has 6 nitrogen and oxygen atoms in total. The molecule has 0 spiro atoms. The largest absolute Gasteiger partial charge is 0.433 e. The van der Waals surface area contributed by atoms with Crippen molar-refractivity contribution in [1.82, 2.24) is 15.3 Å². The van der Waals surface area contributed by atoms with Gasteiger partial charge < -0.3 is 25.3 Å². The van der Waals surface area contributed by atoms with Crippen molar-refractivity contribution in [3.8, 4) is 0 Å². The minimum absolute atomic E-state index is 0.128. The topological polar surface area (TPSA) is 90.0 Å². The zero-order valence-electron chi connectivity index (χ0n) is 9.53. The van der Waals surface area contributed by atoms with E-state index in [0.717, 1.165) is 24.8 Å². The minimum atomic E-state index is -0.640. The van der Waals surface area contributed by atoms with Gasteiger partial charge in [0.05, 0.1) is 12.2 Å². The number of carbonyl (C=O) groups is 1. The Morgan fingerprint density at radius 3 is 3.06 bits per heavy atom. The molecule has 0 radical (unpaired) electrons. The SMILES string of the molecule is CN[C@H](C=O)CCc1cnc(NB(C)O)[nH]1. The van der Waals surface area contributed by atoms with E-state index in [-0.39, 0.29) is 6.04 Å². The summed E-state index contributed by atoms with van der Waals surface area (Å²) in [5, 5.41) is 14.7. The van der Waals surface area contributed by atoms with Crippen LogP contribution in [0.15, 0.2) is 6.20 Å². The molecule has 4 N–H and O–H groups in total. The van der Waals surface area contributed by atoms with Gasteiger partial charge in [-0.3, -0.25) is 0 Å². The second-order valence-corrected chi connectivity index (χ2v) is 3.65. The molecule has 0 amide bonds. The number of nitrogens with one attached hydrogen (secondary N) is 3. The summed E-state index contributed by atoms with van der Waals surface area (Å²) in [6.45, 7) is 1.62. The smallest absolute Gasteiger partial charge is 0.409 e. The van der Waals surface area contributed by atoms with Crippen LogP contribution in [-0.4, -0.2) is 41.4 Å². The van der Waals surface area contributed by atoms with E-state index in [2.05, 4.69) is 20.5 Å². The van der Waals surface area contributed by atoms with Crippen molar-refractivity contribution in [3.05, 3.63) is 11.9 Å². The quantitative estimate of drug-likeness (QED) is 0.375. The van der Waals surface area contributed by atoms with Gasteiger partial charge in [-0.1, -0.05) is 0 Å². The van der Waals surface area contributed by atoms with Gasteiger partial charge in [0, 0.05) is 5.69 Å². The van der Waals surface area contributed by atoms with Crippen LogP contribution in [0.4, 0.5) is 5.95 Å². The van der Waals surface area contributed by atoms with E-state index >= 15 is 0 Å². The van der Waals surface area contributed by atoms with Gasteiger partial charge in [0.1, 0.15) is 6.29 Å². The first-order chi connectivity index (χ1) is 7.65. The van der Waals surface area contributed by atoms with E-state index in [4.69, 9.17) is 5.02 Å². The fourth-order valence-electron chi connectivity index (χ4n) is 1.35. The highest BCUT2D eigenvalue weighted by Crippen LogP contribution is 2.06. The maximum Gasteiger partial charge on any atom is 0.409 e. The molecule has 16 heavy (non-hydrogen) atoms. The number of aromatic nitrogens is 2. The number of nitrogens with zero attached hydrogens (tertiary/aromatic N) is 1. The first kappa shape index (κ1) is 12.7. The number of aldehydes is 1. The maximum absolute atomic E-state index is 10.6. The summed E-state index contributed by atoms with van der Waals surface area (Å²) >= 11 is 0. The van der Waals surface area contributed by atoms with Crippen LogP contribution in [0.2, 0.25) is 6.82 Å². The molecule has 0 aliphatic heterocycles. The number of aromatic amines is 1. The molecular weight excluding hydrogens is 207 g/mol. The average molecular weight is 224 g/mol. The highest BCUT2D eigenvalue weighted by atomic mass is 16.2. The molecule has 1 aromatic rings.